The molecule has 3 aromatic heterocycles. The molecule has 3 heterocycles. The Bertz CT molecular complexity index is 2640. The minimum absolute atomic E-state index is 0.958. The van der Waals surface area contributed by atoms with Gasteiger partial charge in [0, 0.05) is 49.9 Å². The van der Waals surface area contributed by atoms with E-state index in [2.05, 4.69) is 185 Å². The summed E-state index contributed by atoms with van der Waals surface area (Å²) in [5.74, 6) is 0. The first-order valence-electron chi connectivity index (χ1n) is 17.4. The van der Waals surface area contributed by atoms with Crippen molar-refractivity contribution in [2.24, 2.45) is 0 Å². The Morgan fingerprint density at radius 1 is 0.420 bits per heavy atom. The zero-order chi connectivity index (χ0) is 33.0. The fourth-order valence-corrected chi connectivity index (χ4v) is 7.90. The molecule has 0 spiro atoms. The summed E-state index contributed by atoms with van der Waals surface area (Å²) in [6.45, 7) is 0. The molecule has 0 atom stereocenters. The highest BCUT2D eigenvalue weighted by Crippen LogP contribution is 2.39. The van der Waals surface area contributed by atoms with Crippen LogP contribution in [-0.2, 0) is 6.42 Å². The van der Waals surface area contributed by atoms with Gasteiger partial charge in [-0.2, -0.15) is 0 Å². The number of nitrogens with zero attached hydrogens (tertiary/aromatic N) is 3. The van der Waals surface area contributed by atoms with Crippen molar-refractivity contribution < 1.29 is 0 Å². The Hall–Kier alpha value is -6.45. The molecule has 0 saturated carbocycles. The van der Waals surface area contributed by atoms with Gasteiger partial charge in [0.25, 0.3) is 0 Å². The minimum Gasteiger partial charge on any atom is -0.313 e. The Kier molecular flexibility index (Phi) is 6.63. The van der Waals surface area contributed by atoms with Crippen molar-refractivity contribution in [3.8, 4) is 45.0 Å². The van der Waals surface area contributed by atoms with Gasteiger partial charge < -0.3 is 9.13 Å². The number of para-hydroxylation sites is 3. The molecule has 236 valence electrons. The molecule has 0 saturated heterocycles. The van der Waals surface area contributed by atoms with Crippen molar-refractivity contribution in [3.05, 3.63) is 181 Å². The van der Waals surface area contributed by atoms with Crippen LogP contribution in [-0.4, -0.2) is 14.1 Å². The Morgan fingerprint density at radius 2 is 0.900 bits per heavy atom. The van der Waals surface area contributed by atoms with Gasteiger partial charge in [0.15, 0.2) is 0 Å². The van der Waals surface area contributed by atoms with Gasteiger partial charge in [0.1, 0.15) is 0 Å². The SMILES string of the molecule is C1=Cc2c(n(-c3cc(-c4cc(-c5ccccc5)nc(-c5ccccc5)c4)cc(-n4c5ccccc5c5ccccc54)c3)c3ccccc23)CC1. The monoisotopic (exact) mass is 639 g/mol. The Morgan fingerprint density at radius 3 is 1.50 bits per heavy atom. The number of hydrogen-bond donors (Lipinski definition) is 0. The van der Waals surface area contributed by atoms with Crippen LogP contribution in [0.4, 0.5) is 0 Å². The highest BCUT2D eigenvalue weighted by atomic mass is 15.0. The van der Waals surface area contributed by atoms with Crippen LogP contribution in [0.1, 0.15) is 17.7 Å². The van der Waals surface area contributed by atoms with Crippen molar-refractivity contribution in [1.82, 2.24) is 14.1 Å². The van der Waals surface area contributed by atoms with Gasteiger partial charge in [-0.3, -0.25) is 0 Å². The molecule has 0 N–H and O–H groups in total. The predicted molar refractivity (Wildman–Crippen MR) is 209 cm³/mol. The Balaban J connectivity index is 1.30. The van der Waals surface area contributed by atoms with Crippen LogP contribution in [0.3, 0.4) is 0 Å². The zero-order valence-electron chi connectivity index (χ0n) is 27.5. The molecule has 0 radical (unpaired) electrons. The largest absolute Gasteiger partial charge is 0.313 e. The first-order chi connectivity index (χ1) is 24.8. The topological polar surface area (TPSA) is 22.8 Å². The van der Waals surface area contributed by atoms with Gasteiger partial charge in [-0.05, 0) is 72.5 Å². The fourth-order valence-electron chi connectivity index (χ4n) is 7.90. The number of pyridine rings is 1. The maximum absolute atomic E-state index is 5.21. The molecule has 0 aliphatic heterocycles. The molecular weight excluding hydrogens is 607 g/mol. The van der Waals surface area contributed by atoms with Crippen LogP contribution in [0.2, 0.25) is 0 Å². The summed E-state index contributed by atoms with van der Waals surface area (Å²) in [7, 11) is 0. The van der Waals surface area contributed by atoms with Crippen molar-refractivity contribution in [2.45, 2.75) is 12.8 Å². The van der Waals surface area contributed by atoms with Gasteiger partial charge in [0.2, 0.25) is 0 Å². The lowest BCUT2D eigenvalue weighted by Crippen LogP contribution is -2.05. The van der Waals surface area contributed by atoms with E-state index in [1.165, 1.54) is 44.0 Å². The molecule has 1 aliphatic carbocycles. The average molecular weight is 640 g/mol. The predicted octanol–water partition coefficient (Wildman–Crippen LogP) is 12.1. The van der Waals surface area contributed by atoms with E-state index < -0.39 is 0 Å². The van der Waals surface area contributed by atoms with Crippen LogP contribution in [0.5, 0.6) is 0 Å². The quantitative estimate of drug-likeness (QED) is 0.184. The molecule has 1 aliphatic rings. The average Bonchev–Trinajstić information content (AvgIpc) is 3.71. The third-order valence-electron chi connectivity index (χ3n) is 10.1. The van der Waals surface area contributed by atoms with Crippen molar-refractivity contribution in [1.29, 1.82) is 0 Å². The second-order valence-corrected chi connectivity index (χ2v) is 13.1. The van der Waals surface area contributed by atoms with Crippen molar-refractivity contribution >= 4 is 38.8 Å². The number of hydrogen-bond acceptors (Lipinski definition) is 1. The van der Waals surface area contributed by atoms with Gasteiger partial charge in [0.05, 0.1) is 27.9 Å². The van der Waals surface area contributed by atoms with E-state index in [4.69, 9.17) is 4.98 Å². The second-order valence-electron chi connectivity index (χ2n) is 13.1. The third-order valence-corrected chi connectivity index (χ3v) is 10.1. The maximum atomic E-state index is 5.21. The van der Waals surface area contributed by atoms with E-state index in [9.17, 15) is 0 Å². The van der Waals surface area contributed by atoms with Crippen LogP contribution in [0, 0.1) is 0 Å². The number of benzene rings is 6. The number of rotatable bonds is 5. The molecule has 0 bridgehead atoms. The van der Waals surface area contributed by atoms with Gasteiger partial charge >= 0.3 is 0 Å². The van der Waals surface area contributed by atoms with E-state index in [1.807, 2.05) is 0 Å². The molecule has 3 heteroatoms. The van der Waals surface area contributed by atoms with Gasteiger partial charge in [-0.15, -0.1) is 0 Å². The molecule has 0 amide bonds. The van der Waals surface area contributed by atoms with E-state index in [1.54, 1.807) is 0 Å². The fraction of sp³-hybridized carbons (Fsp3) is 0.0426. The highest BCUT2D eigenvalue weighted by molar-refractivity contribution is 6.09. The van der Waals surface area contributed by atoms with Crippen molar-refractivity contribution in [3.63, 3.8) is 0 Å². The first kappa shape index (κ1) is 28.6. The van der Waals surface area contributed by atoms with Crippen molar-refractivity contribution in [2.75, 3.05) is 0 Å². The van der Waals surface area contributed by atoms with Crippen LogP contribution in [0.15, 0.2) is 170 Å². The highest BCUT2D eigenvalue weighted by Gasteiger charge is 2.21. The van der Waals surface area contributed by atoms with Crippen LogP contribution < -0.4 is 0 Å². The molecule has 3 nitrogen and oxygen atoms in total. The van der Waals surface area contributed by atoms with E-state index >= 15 is 0 Å². The summed E-state index contributed by atoms with van der Waals surface area (Å²) in [5.41, 5.74) is 15.0. The Labute approximate surface area is 291 Å². The van der Waals surface area contributed by atoms with Gasteiger partial charge in [-0.25, -0.2) is 4.98 Å². The summed E-state index contributed by atoms with van der Waals surface area (Å²) in [5, 5.41) is 3.81. The molecule has 50 heavy (non-hydrogen) atoms. The maximum Gasteiger partial charge on any atom is 0.0715 e. The zero-order valence-corrected chi connectivity index (χ0v) is 27.5. The third kappa shape index (κ3) is 4.62. The van der Waals surface area contributed by atoms with Crippen LogP contribution >= 0.6 is 0 Å². The molecule has 0 unspecified atom stereocenters. The summed E-state index contributed by atoms with van der Waals surface area (Å²) in [6.07, 6.45) is 6.66. The molecular formula is C47H33N3. The number of aromatic nitrogens is 3. The molecule has 9 aromatic rings. The van der Waals surface area contributed by atoms with Crippen LogP contribution in [0.25, 0.3) is 83.8 Å². The summed E-state index contributed by atoms with van der Waals surface area (Å²) < 4.78 is 4.94. The summed E-state index contributed by atoms with van der Waals surface area (Å²) in [4.78, 5) is 5.21. The molecule has 6 aromatic carbocycles. The molecule has 0 fully saturated rings. The lowest BCUT2D eigenvalue weighted by molar-refractivity contribution is 0.888. The van der Waals surface area contributed by atoms with E-state index in [-0.39, 0.29) is 0 Å². The smallest absolute Gasteiger partial charge is 0.0715 e. The normalized spacial score (nSPS) is 12.6. The standard InChI is InChI=1S/C47H33N3/c1-3-15-32(16-4-1)42-29-35(30-43(48-42)33-17-5-2-6-18-33)34-27-36(49-44-23-11-7-19-38(44)39-20-8-12-24-45(39)49)31-37(28-34)50-46-25-13-9-21-40(46)41-22-10-14-26-47(41)50/h1-13,15-25,27-31H,14,26H2. The first-order valence-corrected chi connectivity index (χ1v) is 17.4. The van der Waals surface area contributed by atoms with E-state index in [0.29, 0.717) is 0 Å². The molecule has 10 rings (SSSR count). The summed E-state index contributed by atoms with van der Waals surface area (Å²) >= 11 is 0. The van der Waals surface area contributed by atoms with E-state index in [0.717, 1.165) is 57.9 Å². The second kappa shape index (κ2) is 11.6. The minimum atomic E-state index is 0.958. The van der Waals surface area contributed by atoms with Gasteiger partial charge in [-0.1, -0.05) is 127 Å². The summed E-state index contributed by atoms with van der Waals surface area (Å²) in [6, 6.07) is 59.0. The number of allylic oxidation sites excluding steroid dienone is 1. The lowest BCUT2D eigenvalue weighted by atomic mass is 9.98. The lowest BCUT2D eigenvalue weighted by Gasteiger charge is -2.18. The number of fused-ring (bicyclic) bond motifs is 6.